The fourth-order valence-corrected chi connectivity index (χ4v) is 2.63. The summed E-state index contributed by atoms with van der Waals surface area (Å²) in [4.78, 5) is 24.1. The van der Waals surface area contributed by atoms with E-state index in [4.69, 9.17) is 4.74 Å². The average molecular weight is 333 g/mol. The lowest BCUT2D eigenvalue weighted by Crippen LogP contribution is -2.21. The SMILES string of the molecule is O=C(CCn1ccccc1=O)OC(c1ccccc1)c1ccccc1. The zero-order chi connectivity index (χ0) is 17.5. The summed E-state index contributed by atoms with van der Waals surface area (Å²) in [6.45, 7) is 0.300. The standard InChI is InChI=1S/C21H19NO3/c23-19-13-7-8-15-22(19)16-14-20(24)25-21(17-9-3-1-4-10-17)18-11-5-2-6-12-18/h1-13,15,21H,14,16H2. The van der Waals surface area contributed by atoms with E-state index in [1.807, 2.05) is 60.7 Å². The predicted molar refractivity (Wildman–Crippen MR) is 96.1 cm³/mol. The second kappa shape index (κ2) is 8.11. The largest absolute Gasteiger partial charge is 0.452 e. The highest BCUT2D eigenvalue weighted by Gasteiger charge is 2.18. The van der Waals surface area contributed by atoms with Gasteiger partial charge in [-0.3, -0.25) is 9.59 Å². The zero-order valence-electron chi connectivity index (χ0n) is 13.7. The van der Waals surface area contributed by atoms with Gasteiger partial charge in [-0.1, -0.05) is 66.7 Å². The summed E-state index contributed by atoms with van der Waals surface area (Å²) in [7, 11) is 0. The third-order valence-corrected chi connectivity index (χ3v) is 3.91. The van der Waals surface area contributed by atoms with E-state index in [0.717, 1.165) is 11.1 Å². The molecule has 0 saturated heterocycles. The molecular formula is C21H19NO3. The summed E-state index contributed by atoms with van der Waals surface area (Å²) < 4.78 is 7.23. The highest BCUT2D eigenvalue weighted by molar-refractivity contribution is 5.70. The van der Waals surface area contributed by atoms with Crippen molar-refractivity contribution in [1.29, 1.82) is 0 Å². The van der Waals surface area contributed by atoms with Crippen molar-refractivity contribution in [2.24, 2.45) is 0 Å². The van der Waals surface area contributed by atoms with Crippen LogP contribution in [0.1, 0.15) is 23.7 Å². The van der Waals surface area contributed by atoms with Crippen molar-refractivity contribution in [2.45, 2.75) is 19.1 Å². The normalized spacial score (nSPS) is 10.6. The fourth-order valence-electron chi connectivity index (χ4n) is 2.63. The summed E-state index contributed by atoms with van der Waals surface area (Å²) in [5.41, 5.74) is 1.70. The Balaban J connectivity index is 1.73. The molecule has 0 spiro atoms. The molecule has 1 aromatic heterocycles. The number of esters is 1. The predicted octanol–water partition coefficient (Wildman–Crippen LogP) is 3.57. The van der Waals surface area contributed by atoms with Gasteiger partial charge in [0.15, 0.2) is 6.10 Å². The average Bonchev–Trinajstić information content (AvgIpc) is 2.67. The van der Waals surface area contributed by atoms with E-state index in [9.17, 15) is 9.59 Å². The topological polar surface area (TPSA) is 48.3 Å². The first kappa shape index (κ1) is 16.7. The Hall–Kier alpha value is -3.14. The smallest absolute Gasteiger partial charge is 0.308 e. The Morgan fingerprint density at radius 3 is 1.96 bits per heavy atom. The summed E-state index contributed by atoms with van der Waals surface area (Å²) in [6.07, 6.45) is 1.35. The van der Waals surface area contributed by atoms with Crippen LogP contribution in [0.2, 0.25) is 0 Å². The molecule has 0 aliphatic carbocycles. The first-order chi connectivity index (χ1) is 12.2. The molecule has 126 valence electrons. The maximum Gasteiger partial charge on any atom is 0.308 e. The molecule has 3 aromatic rings. The highest BCUT2D eigenvalue weighted by atomic mass is 16.5. The number of ether oxygens (including phenoxy) is 1. The van der Waals surface area contributed by atoms with Gasteiger partial charge in [0.2, 0.25) is 0 Å². The van der Waals surface area contributed by atoms with Gasteiger partial charge in [0, 0.05) is 18.8 Å². The van der Waals surface area contributed by atoms with E-state index in [1.165, 1.54) is 10.6 Å². The summed E-state index contributed by atoms with van der Waals surface area (Å²) in [6, 6.07) is 24.2. The molecule has 0 fully saturated rings. The van der Waals surface area contributed by atoms with Gasteiger partial charge >= 0.3 is 5.97 Å². The molecule has 1 heterocycles. The lowest BCUT2D eigenvalue weighted by Gasteiger charge is -2.19. The van der Waals surface area contributed by atoms with Crippen molar-refractivity contribution in [3.05, 3.63) is 107 Å². The van der Waals surface area contributed by atoms with Crippen LogP contribution in [0.5, 0.6) is 0 Å². The van der Waals surface area contributed by atoms with Crippen LogP contribution < -0.4 is 5.56 Å². The number of aryl methyl sites for hydroxylation is 1. The van der Waals surface area contributed by atoms with Crippen molar-refractivity contribution in [3.63, 3.8) is 0 Å². The van der Waals surface area contributed by atoms with E-state index in [1.54, 1.807) is 18.3 Å². The Kier molecular flexibility index (Phi) is 5.42. The number of pyridine rings is 1. The molecule has 0 atom stereocenters. The molecule has 0 aliphatic heterocycles. The molecule has 25 heavy (non-hydrogen) atoms. The lowest BCUT2D eigenvalue weighted by atomic mass is 10.0. The number of aromatic nitrogens is 1. The molecule has 0 amide bonds. The van der Waals surface area contributed by atoms with Crippen molar-refractivity contribution < 1.29 is 9.53 Å². The fraction of sp³-hybridized carbons (Fsp3) is 0.143. The van der Waals surface area contributed by atoms with Crippen LogP contribution in [-0.2, 0) is 16.1 Å². The maximum atomic E-state index is 12.3. The molecule has 3 rings (SSSR count). The van der Waals surface area contributed by atoms with Crippen LogP contribution in [0, 0.1) is 0 Å². The van der Waals surface area contributed by atoms with Crippen LogP contribution in [-0.4, -0.2) is 10.5 Å². The molecule has 4 nitrogen and oxygen atoms in total. The van der Waals surface area contributed by atoms with Crippen molar-refractivity contribution in [2.75, 3.05) is 0 Å². The minimum absolute atomic E-state index is 0.127. The first-order valence-electron chi connectivity index (χ1n) is 8.19. The molecule has 0 radical (unpaired) electrons. The van der Waals surface area contributed by atoms with Crippen LogP contribution in [0.15, 0.2) is 89.9 Å². The van der Waals surface area contributed by atoms with E-state index < -0.39 is 6.10 Å². The molecule has 0 bridgehead atoms. The Labute approximate surface area is 146 Å². The second-order valence-electron chi connectivity index (χ2n) is 5.67. The van der Waals surface area contributed by atoms with Gasteiger partial charge in [-0.15, -0.1) is 0 Å². The highest BCUT2D eigenvalue weighted by Crippen LogP contribution is 2.26. The number of nitrogens with zero attached hydrogens (tertiary/aromatic N) is 1. The number of rotatable bonds is 6. The molecule has 0 N–H and O–H groups in total. The third kappa shape index (κ3) is 4.44. The lowest BCUT2D eigenvalue weighted by molar-refractivity contribution is -0.147. The molecular weight excluding hydrogens is 314 g/mol. The van der Waals surface area contributed by atoms with Crippen molar-refractivity contribution in [3.8, 4) is 0 Å². The maximum absolute atomic E-state index is 12.3. The molecule has 0 saturated carbocycles. The second-order valence-corrected chi connectivity index (χ2v) is 5.67. The van der Waals surface area contributed by atoms with E-state index in [-0.39, 0.29) is 17.9 Å². The molecule has 0 unspecified atom stereocenters. The van der Waals surface area contributed by atoms with E-state index in [0.29, 0.717) is 6.54 Å². The van der Waals surface area contributed by atoms with Gasteiger partial charge in [0.1, 0.15) is 0 Å². The molecule has 4 heteroatoms. The van der Waals surface area contributed by atoms with Crippen LogP contribution in [0.3, 0.4) is 0 Å². The quantitative estimate of drug-likeness (QED) is 0.648. The summed E-state index contributed by atoms with van der Waals surface area (Å²) in [5.74, 6) is -0.339. The Morgan fingerprint density at radius 2 is 1.40 bits per heavy atom. The van der Waals surface area contributed by atoms with Gasteiger partial charge in [0.05, 0.1) is 6.42 Å². The van der Waals surface area contributed by atoms with Gasteiger partial charge in [-0.25, -0.2) is 0 Å². The first-order valence-corrected chi connectivity index (χ1v) is 8.19. The third-order valence-electron chi connectivity index (χ3n) is 3.91. The van der Waals surface area contributed by atoms with Gasteiger partial charge < -0.3 is 9.30 Å². The van der Waals surface area contributed by atoms with Crippen LogP contribution >= 0.6 is 0 Å². The summed E-state index contributed by atoms with van der Waals surface area (Å²) in [5, 5.41) is 0. The minimum Gasteiger partial charge on any atom is -0.452 e. The Bertz CT molecular complexity index is 833. The number of hydrogen-bond acceptors (Lipinski definition) is 3. The summed E-state index contributed by atoms with van der Waals surface area (Å²) >= 11 is 0. The van der Waals surface area contributed by atoms with Crippen molar-refractivity contribution >= 4 is 5.97 Å². The molecule has 0 aliphatic rings. The minimum atomic E-state index is -0.456. The van der Waals surface area contributed by atoms with Gasteiger partial charge in [-0.2, -0.15) is 0 Å². The monoisotopic (exact) mass is 333 g/mol. The van der Waals surface area contributed by atoms with E-state index in [2.05, 4.69) is 0 Å². The number of carbonyl (C=O) groups is 1. The van der Waals surface area contributed by atoms with Crippen molar-refractivity contribution in [1.82, 2.24) is 4.57 Å². The van der Waals surface area contributed by atoms with Crippen LogP contribution in [0.4, 0.5) is 0 Å². The number of benzene rings is 2. The zero-order valence-corrected chi connectivity index (χ0v) is 13.7. The van der Waals surface area contributed by atoms with Crippen LogP contribution in [0.25, 0.3) is 0 Å². The molecule has 2 aromatic carbocycles. The van der Waals surface area contributed by atoms with E-state index >= 15 is 0 Å². The number of hydrogen-bond donors (Lipinski definition) is 0. The number of carbonyl (C=O) groups excluding carboxylic acids is 1. The van der Waals surface area contributed by atoms with Gasteiger partial charge in [-0.05, 0) is 17.2 Å². The Morgan fingerprint density at radius 1 is 0.840 bits per heavy atom. The van der Waals surface area contributed by atoms with Gasteiger partial charge in [0.25, 0.3) is 5.56 Å².